The average Bonchev–Trinajstić information content (AvgIpc) is 2.58. The van der Waals surface area contributed by atoms with Crippen LogP contribution < -0.4 is 0 Å². The molecule has 2 aromatic rings. The lowest BCUT2D eigenvalue weighted by Crippen LogP contribution is -2.51. The van der Waals surface area contributed by atoms with Crippen molar-refractivity contribution in [2.45, 2.75) is 44.4 Å². The average molecular weight is 423 g/mol. The van der Waals surface area contributed by atoms with Gasteiger partial charge in [0.2, 0.25) is 0 Å². The molecule has 4 nitrogen and oxygen atoms in total. The van der Waals surface area contributed by atoms with Crippen LogP contribution in [0.3, 0.4) is 0 Å². The standard InChI is InChI=1S/C21H27FO4SSi/c1-20(2,3)21(26-28(5)6,19(23)15-7-11-17(22)12-8-15)16-9-13-18(14-10-16)27(4,24)25/h7-14,28H,1-6H3. The summed E-state index contributed by atoms with van der Waals surface area (Å²) in [6.45, 7) is 9.69. The third kappa shape index (κ3) is 4.42. The highest BCUT2D eigenvalue weighted by Gasteiger charge is 2.51. The molecule has 28 heavy (non-hydrogen) atoms. The minimum atomic E-state index is -3.36. The van der Waals surface area contributed by atoms with Gasteiger partial charge in [-0.2, -0.15) is 0 Å². The van der Waals surface area contributed by atoms with Crippen molar-refractivity contribution in [2.75, 3.05) is 6.26 Å². The molecule has 0 radical (unpaired) electrons. The lowest BCUT2D eigenvalue weighted by atomic mass is 9.68. The van der Waals surface area contributed by atoms with Gasteiger partial charge in [-0.3, -0.25) is 4.79 Å². The maximum Gasteiger partial charge on any atom is 0.198 e. The first-order valence-corrected chi connectivity index (χ1v) is 13.7. The molecule has 1 atom stereocenters. The predicted molar refractivity (Wildman–Crippen MR) is 111 cm³/mol. The number of sulfone groups is 1. The maximum atomic E-state index is 13.7. The van der Waals surface area contributed by atoms with E-state index in [1.165, 1.54) is 36.4 Å². The Bertz CT molecular complexity index is 945. The normalized spacial score (nSPS) is 14.7. The highest BCUT2D eigenvalue weighted by atomic mass is 32.2. The zero-order valence-corrected chi connectivity index (χ0v) is 19.1. The zero-order valence-electron chi connectivity index (χ0n) is 17.1. The molecule has 2 rings (SSSR count). The van der Waals surface area contributed by atoms with Gasteiger partial charge in [0.05, 0.1) is 4.90 Å². The number of halogens is 1. The van der Waals surface area contributed by atoms with Gasteiger partial charge < -0.3 is 4.43 Å². The van der Waals surface area contributed by atoms with Crippen molar-refractivity contribution in [2.24, 2.45) is 5.41 Å². The molecule has 2 aromatic carbocycles. The SMILES string of the molecule is C[SiH](C)OC(C(=O)c1ccc(F)cc1)(c1ccc(S(C)(=O)=O)cc1)C(C)(C)C. The van der Waals surface area contributed by atoms with Crippen LogP contribution in [0.4, 0.5) is 4.39 Å². The molecule has 0 saturated carbocycles. The Labute approximate surface area is 168 Å². The Kier molecular flexibility index (Phi) is 6.33. The van der Waals surface area contributed by atoms with E-state index in [9.17, 15) is 17.6 Å². The maximum absolute atomic E-state index is 13.7. The third-order valence-corrected chi connectivity index (χ3v) is 6.54. The van der Waals surface area contributed by atoms with Crippen LogP contribution in [0.5, 0.6) is 0 Å². The number of benzene rings is 2. The van der Waals surface area contributed by atoms with Gasteiger partial charge in [0, 0.05) is 17.2 Å². The number of ketones is 1. The Balaban J connectivity index is 2.74. The Hall–Kier alpha value is -1.83. The first-order chi connectivity index (χ1) is 12.8. The van der Waals surface area contributed by atoms with Crippen LogP contribution in [0.25, 0.3) is 0 Å². The van der Waals surface area contributed by atoms with Gasteiger partial charge in [0.25, 0.3) is 0 Å². The van der Waals surface area contributed by atoms with Crippen LogP contribution >= 0.6 is 0 Å². The molecular weight excluding hydrogens is 395 g/mol. The zero-order chi connectivity index (χ0) is 21.3. The largest absolute Gasteiger partial charge is 0.404 e. The fourth-order valence-corrected chi connectivity index (χ4v) is 5.23. The first kappa shape index (κ1) is 22.5. The number of hydrogen-bond donors (Lipinski definition) is 0. The van der Waals surface area contributed by atoms with E-state index in [0.29, 0.717) is 11.1 Å². The topological polar surface area (TPSA) is 60.4 Å². The molecule has 0 aromatic heterocycles. The summed E-state index contributed by atoms with van der Waals surface area (Å²) in [6.07, 6.45) is 1.14. The lowest BCUT2D eigenvalue weighted by Gasteiger charge is -2.45. The van der Waals surface area contributed by atoms with Gasteiger partial charge in [-0.25, -0.2) is 12.8 Å². The van der Waals surface area contributed by atoms with Crippen molar-refractivity contribution in [3.63, 3.8) is 0 Å². The van der Waals surface area contributed by atoms with E-state index in [0.717, 1.165) is 6.26 Å². The summed E-state index contributed by atoms with van der Waals surface area (Å²) in [7, 11) is -5.07. The van der Waals surface area contributed by atoms with Gasteiger partial charge in [0.1, 0.15) is 11.4 Å². The molecule has 0 aliphatic heterocycles. The van der Waals surface area contributed by atoms with Crippen LogP contribution in [0, 0.1) is 11.2 Å². The first-order valence-electron chi connectivity index (χ1n) is 9.08. The van der Waals surface area contributed by atoms with E-state index in [4.69, 9.17) is 4.43 Å². The Morgan fingerprint density at radius 1 is 0.964 bits per heavy atom. The van der Waals surface area contributed by atoms with Crippen LogP contribution in [-0.4, -0.2) is 29.5 Å². The van der Waals surface area contributed by atoms with Crippen molar-refractivity contribution in [3.05, 3.63) is 65.5 Å². The summed E-state index contributed by atoms with van der Waals surface area (Å²) in [5.41, 5.74) is -1.02. The molecule has 0 heterocycles. The van der Waals surface area contributed by atoms with Gasteiger partial charge >= 0.3 is 0 Å². The summed E-state index contributed by atoms with van der Waals surface area (Å²) in [4.78, 5) is 13.9. The van der Waals surface area contributed by atoms with Crippen molar-refractivity contribution in [1.82, 2.24) is 0 Å². The highest BCUT2D eigenvalue weighted by Crippen LogP contribution is 2.46. The lowest BCUT2D eigenvalue weighted by molar-refractivity contribution is -0.0192. The van der Waals surface area contributed by atoms with Crippen LogP contribution in [0.15, 0.2) is 53.4 Å². The van der Waals surface area contributed by atoms with Crippen molar-refractivity contribution >= 4 is 24.7 Å². The number of hydrogen-bond acceptors (Lipinski definition) is 4. The van der Waals surface area contributed by atoms with Gasteiger partial charge in [-0.1, -0.05) is 32.9 Å². The molecule has 152 valence electrons. The minimum Gasteiger partial charge on any atom is -0.404 e. The van der Waals surface area contributed by atoms with E-state index in [1.807, 2.05) is 33.9 Å². The van der Waals surface area contributed by atoms with Crippen molar-refractivity contribution < 1.29 is 22.0 Å². The molecule has 1 unspecified atom stereocenters. The molecule has 0 aliphatic carbocycles. The van der Waals surface area contributed by atoms with E-state index in [2.05, 4.69) is 0 Å². The number of carbonyl (C=O) groups is 1. The van der Waals surface area contributed by atoms with E-state index in [-0.39, 0.29) is 10.7 Å². The van der Waals surface area contributed by atoms with Crippen molar-refractivity contribution in [3.8, 4) is 0 Å². The summed E-state index contributed by atoms with van der Waals surface area (Å²) in [6, 6.07) is 11.7. The van der Waals surface area contributed by atoms with E-state index < -0.39 is 35.7 Å². The molecule has 0 amide bonds. The van der Waals surface area contributed by atoms with Crippen LogP contribution in [-0.2, 0) is 19.9 Å². The molecule has 0 fully saturated rings. The van der Waals surface area contributed by atoms with Gasteiger partial charge in [-0.05, 0) is 55.1 Å². The third-order valence-electron chi connectivity index (χ3n) is 4.58. The summed E-state index contributed by atoms with van der Waals surface area (Å²) < 4.78 is 43.4. The summed E-state index contributed by atoms with van der Waals surface area (Å²) >= 11 is 0. The molecule has 0 saturated heterocycles. The molecule has 0 aliphatic rings. The van der Waals surface area contributed by atoms with Crippen LogP contribution in [0.1, 0.15) is 36.7 Å². The summed E-state index contributed by atoms with van der Waals surface area (Å²) in [5, 5.41) is 0. The quantitative estimate of drug-likeness (QED) is 0.513. The second-order valence-corrected chi connectivity index (χ2v) is 12.6. The van der Waals surface area contributed by atoms with E-state index >= 15 is 0 Å². The molecule has 7 heteroatoms. The van der Waals surface area contributed by atoms with Crippen molar-refractivity contribution in [1.29, 1.82) is 0 Å². The minimum absolute atomic E-state index is 0.176. The number of Topliss-reactive ketones (excluding diaryl/α,β-unsaturated/α-hetero) is 1. The van der Waals surface area contributed by atoms with Gasteiger partial charge in [-0.15, -0.1) is 0 Å². The van der Waals surface area contributed by atoms with E-state index in [1.54, 1.807) is 12.1 Å². The predicted octanol–water partition coefficient (Wildman–Crippen LogP) is 4.35. The molecule has 0 N–H and O–H groups in total. The summed E-state index contributed by atoms with van der Waals surface area (Å²) in [5.74, 6) is -0.692. The second-order valence-electron chi connectivity index (χ2n) is 8.23. The molecular formula is C21H27FO4SSi. The fourth-order valence-electron chi connectivity index (χ4n) is 3.30. The van der Waals surface area contributed by atoms with Crippen LogP contribution in [0.2, 0.25) is 13.1 Å². The molecule has 0 spiro atoms. The monoisotopic (exact) mass is 422 g/mol. The number of carbonyl (C=O) groups excluding carboxylic acids is 1. The number of rotatable bonds is 6. The highest BCUT2D eigenvalue weighted by molar-refractivity contribution is 7.90. The fraction of sp³-hybridized carbons (Fsp3) is 0.381. The van der Waals surface area contributed by atoms with Gasteiger partial charge in [0.15, 0.2) is 24.7 Å². The second kappa shape index (κ2) is 7.89. The Morgan fingerprint density at radius 3 is 1.86 bits per heavy atom. The Morgan fingerprint density at radius 2 is 1.46 bits per heavy atom. The smallest absolute Gasteiger partial charge is 0.198 e. The molecule has 0 bridgehead atoms.